The fraction of sp³-hybridized carbons (Fsp3) is 0.500. The number of unbranched alkanes of at least 4 members (excludes halogenated alkanes) is 1. The van der Waals surface area contributed by atoms with E-state index in [9.17, 15) is 19.7 Å². The van der Waals surface area contributed by atoms with Crippen molar-refractivity contribution >= 4 is 23.1 Å². The van der Waals surface area contributed by atoms with Gasteiger partial charge in [-0.3, -0.25) is 24.6 Å². The van der Waals surface area contributed by atoms with Crippen LogP contribution < -0.4 is 0 Å². The van der Waals surface area contributed by atoms with Crippen LogP contribution in [0.15, 0.2) is 30.0 Å². The van der Waals surface area contributed by atoms with E-state index in [4.69, 9.17) is 0 Å². The number of hydrogen-bond acceptors (Lipinski definition) is 5. The van der Waals surface area contributed by atoms with E-state index < -0.39 is 4.92 Å². The maximum atomic E-state index is 13.1. The summed E-state index contributed by atoms with van der Waals surface area (Å²) in [5, 5.41) is 10.9. The van der Waals surface area contributed by atoms with Gasteiger partial charge in [-0.05, 0) is 42.9 Å². The molecule has 0 aliphatic carbocycles. The highest BCUT2D eigenvalue weighted by atomic mass is 16.6. The first-order chi connectivity index (χ1) is 12.9. The predicted octanol–water partition coefficient (Wildman–Crippen LogP) is 3.21. The first kappa shape index (κ1) is 19.1. The first-order valence-corrected chi connectivity index (χ1v) is 9.54. The number of hydrogen-bond donors (Lipinski definition) is 0. The molecule has 0 radical (unpaired) electrons. The minimum absolute atomic E-state index is 0.0351. The van der Waals surface area contributed by atoms with Crippen LogP contribution in [0.1, 0.15) is 45.1 Å². The van der Waals surface area contributed by atoms with E-state index in [2.05, 4.69) is 6.92 Å². The monoisotopic (exact) mass is 371 g/mol. The van der Waals surface area contributed by atoms with Gasteiger partial charge in [0.05, 0.1) is 10.5 Å². The Bertz CT molecular complexity index is 785. The number of benzene rings is 1. The Morgan fingerprint density at radius 2 is 1.89 bits per heavy atom. The van der Waals surface area contributed by atoms with Crippen molar-refractivity contribution in [2.75, 3.05) is 19.6 Å². The number of piperidine rings is 1. The molecule has 2 amide bonds. The van der Waals surface area contributed by atoms with Gasteiger partial charge >= 0.3 is 0 Å². The summed E-state index contributed by atoms with van der Waals surface area (Å²) in [7, 11) is 0. The maximum absolute atomic E-state index is 13.1. The average molecular weight is 371 g/mol. The van der Waals surface area contributed by atoms with E-state index in [0.29, 0.717) is 29.3 Å². The molecule has 0 saturated carbocycles. The summed E-state index contributed by atoms with van der Waals surface area (Å²) in [4.78, 5) is 40.0. The number of amides is 2. The summed E-state index contributed by atoms with van der Waals surface area (Å²) in [6, 6.07) is 5.89. The van der Waals surface area contributed by atoms with Crippen LogP contribution in [0.25, 0.3) is 5.57 Å². The van der Waals surface area contributed by atoms with Crippen molar-refractivity contribution in [1.29, 1.82) is 0 Å². The second kappa shape index (κ2) is 7.90. The van der Waals surface area contributed by atoms with Crippen molar-refractivity contribution < 1.29 is 14.5 Å². The molecule has 144 valence electrons. The lowest BCUT2D eigenvalue weighted by Gasteiger charge is -2.33. The zero-order chi connectivity index (χ0) is 19.6. The highest BCUT2D eigenvalue weighted by Gasteiger charge is 2.41. The van der Waals surface area contributed by atoms with Crippen molar-refractivity contribution in [3.8, 4) is 0 Å². The van der Waals surface area contributed by atoms with E-state index in [1.54, 1.807) is 12.1 Å². The molecule has 0 aromatic heterocycles. The quantitative estimate of drug-likeness (QED) is 0.436. The standard InChI is InChI=1S/C20H25N3O4/c1-3-4-12-22-19(24)17(15-7-9-16(10-8-15)23(26)27)18(20(22)25)21-11-5-6-14(2)13-21/h7-10,14H,3-6,11-13H2,1-2H3. The number of carbonyl (C=O) groups is 2. The van der Waals surface area contributed by atoms with Gasteiger partial charge in [-0.25, -0.2) is 0 Å². The number of imide groups is 1. The van der Waals surface area contributed by atoms with Crippen LogP contribution in [-0.2, 0) is 9.59 Å². The van der Waals surface area contributed by atoms with Crippen molar-refractivity contribution in [3.05, 3.63) is 45.6 Å². The molecule has 7 heteroatoms. The van der Waals surface area contributed by atoms with Crippen LogP contribution in [-0.4, -0.2) is 46.2 Å². The molecule has 2 aliphatic rings. The number of rotatable bonds is 6. The zero-order valence-electron chi connectivity index (χ0n) is 15.8. The summed E-state index contributed by atoms with van der Waals surface area (Å²) >= 11 is 0. The van der Waals surface area contributed by atoms with Gasteiger partial charge in [-0.2, -0.15) is 0 Å². The van der Waals surface area contributed by atoms with Gasteiger partial charge in [-0.15, -0.1) is 0 Å². The summed E-state index contributed by atoms with van der Waals surface area (Å²) in [6.07, 6.45) is 3.74. The Balaban J connectivity index is 2.03. The molecule has 3 rings (SSSR count). The SMILES string of the molecule is CCCCN1C(=O)C(c2ccc([N+](=O)[O-])cc2)=C(N2CCCC(C)C2)C1=O. The van der Waals surface area contributed by atoms with Crippen molar-refractivity contribution in [2.24, 2.45) is 5.92 Å². The first-order valence-electron chi connectivity index (χ1n) is 9.54. The Kier molecular flexibility index (Phi) is 5.58. The Morgan fingerprint density at radius 3 is 2.48 bits per heavy atom. The summed E-state index contributed by atoms with van der Waals surface area (Å²) in [5.41, 5.74) is 1.36. The highest BCUT2D eigenvalue weighted by molar-refractivity contribution is 6.35. The zero-order valence-corrected chi connectivity index (χ0v) is 15.8. The van der Waals surface area contributed by atoms with E-state index in [-0.39, 0.29) is 17.5 Å². The van der Waals surface area contributed by atoms with Crippen LogP contribution in [0.4, 0.5) is 5.69 Å². The third-order valence-electron chi connectivity index (χ3n) is 5.22. The minimum atomic E-state index is -0.472. The van der Waals surface area contributed by atoms with Crippen molar-refractivity contribution in [3.63, 3.8) is 0 Å². The summed E-state index contributed by atoms with van der Waals surface area (Å²) in [5.74, 6) is -0.0802. The molecule has 2 heterocycles. The molecule has 0 bridgehead atoms. The molecule has 27 heavy (non-hydrogen) atoms. The highest BCUT2D eigenvalue weighted by Crippen LogP contribution is 2.34. The molecule has 0 spiro atoms. The molecule has 1 saturated heterocycles. The predicted molar refractivity (Wildman–Crippen MR) is 102 cm³/mol. The van der Waals surface area contributed by atoms with Crippen molar-refractivity contribution in [1.82, 2.24) is 9.80 Å². The fourth-order valence-electron chi connectivity index (χ4n) is 3.78. The Morgan fingerprint density at radius 1 is 1.19 bits per heavy atom. The van der Waals surface area contributed by atoms with Crippen LogP contribution in [0, 0.1) is 16.0 Å². The molecular formula is C20H25N3O4. The number of nitrogens with zero attached hydrogens (tertiary/aromatic N) is 3. The third kappa shape index (κ3) is 3.72. The van der Waals surface area contributed by atoms with E-state index in [1.807, 2.05) is 11.8 Å². The van der Waals surface area contributed by atoms with Crippen LogP contribution in [0.5, 0.6) is 0 Å². The normalized spacial score (nSPS) is 20.6. The van der Waals surface area contributed by atoms with Gasteiger partial charge < -0.3 is 4.90 Å². The number of nitro groups is 1. The number of carbonyl (C=O) groups excluding carboxylic acids is 2. The number of non-ortho nitro benzene ring substituents is 1. The molecule has 0 N–H and O–H groups in total. The van der Waals surface area contributed by atoms with E-state index in [1.165, 1.54) is 17.0 Å². The fourth-order valence-corrected chi connectivity index (χ4v) is 3.78. The van der Waals surface area contributed by atoms with Gasteiger partial charge in [0.15, 0.2) is 0 Å². The van der Waals surface area contributed by atoms with E-state index >= 15 is 0 Å². The van der Waals surface area contributed by atoms with Gasteiger partial charge in [0, 0.05) is 31.8 Å². The molecule has 1 fully saturated rings. The Hall–Kier alpha value is -2.70. The third-order valence-corrected chi connectivity index (χ3v) is 5.22. The maximum Gasteiger partial charge on any atom is 0.277 e. The van der Waals surface area contributed by atoms with Gasteiger partial charge in [0.1, 0.15) is 5.70 Å². The molecule has 1 aromatic rings. The van der Waals surface area contributed by atoms with E-state index in [0.717, 1.165) is 38.8 Å². The van der Waals surface area contributed by atoms with Crippen LogP contribution in [0.2, 0.25) is 0 Å². The molecule has 1 aromatic carbocycles. The van der Waals surface area contributed by atoms with Crippen LogP contribution >= 0.6 is 0 Å². The second-order valence-corrected chi connectivity index (χ2v) is 7.34. The molecule has 7 nitrogen and oxygen atoms in total. The molecular weight excluding hydrogens is 346 g/mol. The lowest BCUT2D eigenvalue weighted by molar-refractivity contribution is -0.384. The average Bonchev–Trinajstić information content (AvgIpc) is 2.90. The molecule has 1 unspecified atom stereocenters. The summed E-state index contributed by atoms with van der Waals surface area (Å²) in [6.45, 7) is 6.05. The van der Waals surface area contributed by atoms with Crippen LogP contribution in [0.3, 0.4) is 0 Å². The lowest BCUT2D eigenvalue weighted by atomic mass is 9.97. The molecule has 1 atom stereocenters. The Labute approximate surface area is 158 Å². The van der Waals surface area contributed by atoms with Crippen molar-refractivity contribution in [2.45, 2.75) is 39.5 Å². The van der Waals surface area contributed by atoms with Gasteiger partial charge in [0.25, 0.3) is 17.5 Å². The topological polar surface area (TPSA) is 83.8 Å². The second-order valence-electron chi connectivity index (χ2n) is 7.34. The smallest absolute Gasteiger partial charge is 0.277 e. The van der Waals surface area contributed by atoms with Gasteiger partial charge in [-0.1, -0.05) is 20.3 Å². The molecule has 2 aliphatic heterocycles. The number of nitro benzene ring substituents is 1. The van der Waals surface area contributed by atoms with Gasteiger partial charge in [0.2, 0.25) is 0 Å². The summed E-state index contributed by atoms with van der Waals surface area (Å²) < 4.78 is 0. The number of likely N-dealkylation sites (tertiary alicyclic amines) is 1. The minimum Gasteiger partial charge on any atom is -0.366 e. The lowest BCUT2D eigenvalue weighted by Crippen LogP contribution is -2.39. The largest absolute Gasteiger partial charge is 0.366 e.